The van der Waals surface area contributed by atoms with Crippen molar-refractivity contribution in [2.24, 2.45) is 5.92 Å². The Bertz CT molecular complexity index is 243. The molecule has 1 saturated carbocycles. The molecule has 0 bridgehead atoms. The van der Waals surface area contributed by atoms with Gasteiger partial charge in [0, 0.05) is 12.8 Å². The standard InChI is InChI=1S/C12H20O4/c1-3-15-12(14)11(16-9(2)13)10-7-5-4-6-8-10/h10-11H,3-8H2,1-2H3. The van der Waals surface area contributed by atoms with E-state index in [1.54, 1.807) is 6.92 Å². The Morgan fingerprint density at radius 2 is 1.88 bits per heavy atom. The molecular formula is C12H20O4. The van der Waals surface area contributed by atoms with E-state index in [1.165, 1.54) is 13.3 Å². The quantitative estimate of drug-likeness (QED) is 0.691. The molecule has 1 fully saturated rings. The van der Waals surface area contributed by atoms with Gasteiger partial charge in [0.15, 0.2) is 0 Å². The molecule has 1 aliphatic rings. The summed E-state index contributed by atoms with van der Waals surface area (Å²) in [5.41, 5.74) is 0. The molecule has 4 nitrogen and oxygen atoms in total. The molecule has 16 heavy (non-hydrogen) atoms. The molecule has 0 aromatic rings. The Morgan fingerprint density at radius 1 is 1.25 bits per heavy atom. The predicted molar refractivity (Wildman–Crippen MR) is 58.8 cm³/mol. The molecule has 1 atom stereocenters. The molecular weight excluding hydrogens is 208 g/mol. The van der Waals surface area contributed by atoms with Crippen molar-refractivity contribution < 1.29 is 19.1 Å². The van der Waals surface area contributed by atoms with Crippen molar-refractivity contribution >= 4 is 11.9 Å². The van der Waals surface area contributed by atoms with Gasteiger partial charge in [0.2, 0.25) is 6.10 Å². The van der Waals surface area contributed by atoms with Crippen LogP contribution >= 0.6 is 0 Å². The lowest BCUT2D eigenvalue weighted by molar-refractivity contribution is -0.171. The Labute approximate surface area is 96.3 Å². The number of carbonyl (C=O) groups is 2. The van der Waals surface area contributed by atoms with E-state index in [2.05, 4.69) is 0 Å². The molecule has 0 N–H and O–H groups in total. The number of hydrogen-bond donors (Lipinski definition) is 0. The zero-order valence-electron chi connectivity index (χ0n) is 10.0. The van der Waals surface area contributed by atoms with Gasteiger partial charge < -0.3 is 9.47 Å². The van der Waals surface area contributed by atoms with Crippen molar-refractivity contribution in [1.29, 1.82) is 0 Å². The zero-order valence-corrected chi connectivity index (χ0v) is 10.0. The van der Waals surface area contributed by atoms with E-state index in [1.807, 2.05) is 0 Å². The molecule has 1 rings (SSSR count). The van der Waals surface area contributed by atoms with Gasteiger partial charge in [-0.25, -0.2) is 4.79 Å². The van der Waals surface area contributed by atoms with Gasteiger partial charge in [0.25, 0.3) is 0 Å². The molecule has 0 amide bonds. The normalized spacial score (nSPS) is 18.9. The summed E-state index contributed by atoms with van der Waals surface area (Å²) in [6, 6.07) is 0. The maximum absolute atomic E-state index is 11.7. The number of hydrogen-bond acceptors (Lipinski definition) is 4. The highest BCUT2D eigenvalue weighted by molar-refractivity contribution is 5.78. The Hall–Kier alpha value is -1.06. The van der Waals surface area contributed by atoms with Gasteiger partial charge in [0.05, 0.1) is 6.61 Å². The van der Waals surface area contributed by atoms with Crippen molar-refractivity contribution in [3.8, 4) is 0 Å². The zero-order chi connectivity index (χ0) is 12.0. The number of ether oxygens (including phenoxy) is 2. The second-order valence-corrected chi connectivity index (χ2v) is 4.18. The topological polar surface area (TPSA) is 52.6 Å². The highest BCUT2D eigenvalue weighted by atomic mass is 16.6. The summed E-state index contributed by atoms with van der Waals surface area (Å²) in [5.74, 6) is -0.676. The number of esters is 2. The summed E-state index contributed by atoms with van der Waals surface area (Å²) in [4.78, 5) is 22.7. The van der Waals surface area contributed by atoms with Crippen LogP contribution in [0.1, 0.15) is 46.0 Å². The molecule has 0 aromatic carbocycles. The molecule has 1 unspecified atom stereocenters. The third-order valence-electron chi connectivity index (χ3n) is 2.89. The smallest absolute Gasteiger partial charge is 0.347 e. The highest BCUT2D eigenvalue weighted by Crippen LogP contribution is 2.28. The van der Waals surface area contributed by atoms with Crippen LogP contribution in [0.25, 0.3) is 0 Å². The fourth-order valence-electron chi connectivity index (χ4n) is 2.18. The van der Waals surface area contributed by atoms with Gasteiger partial charge in [-0.15, -0.1) is 0 Å². The van der Waals surface area contributed by atoms with Crippen LogP contribution in [0.4, 0.5) is 0 Å². The van der Waals surface area contributed by atoms with E-state index in [0.717, 1.165) is 25.7 Å². The monoisotopic (exact) mass is 228 g/mol. The maximum atomic E-state index is 11.7. The Morgan fingerprint density at radius 3 is 2.38 bits per heavy atom. The molecule has 4 heteroatoms. The minimum atomic E-state index is -0.697. The van der Waals surface area contributed by atoms with Crippen LogP contribution in [0, 0.1) is 5.92 Å². The average molecular weight is 228 g/mol. The maximum Gasteiger partial charge on any atom is 0.347 e. The van der Waals surface area contributed by atoms with E-state index >= 15 is 0 Å². The SMILES string of the molecule is CCOC(=O)C(OC(C)=O)C1CCCCC1. The van der Waals surface area contributed by atoms with Crippen molar-refractivity contribution in [3.05, 3.63) is 0 Å². The second-order valence-electron chi connectivity index (χ2n) is 4.18. The van der Waals surface area contributed by atoms with Crippen molar-refractivity contribution in [3.63, 3.8) is 0 Å². The highest BCUT2D eigenvalue weighted by Gasteiger charge is 2.33. The van der Waals surface area contributed by atoms with Crippen LogP contribution in [0.3, 0.4) is 0 Å². The van der Waals surface area contributed by atoms with Gasteiger partial charge >= 0.3 is 11.9 Å². The van der Waals surface area contributed by atoms with Crippen LogP contribution in [0.2, 0.25) is 0 Å². The van der Waals surface area contributed by atoms with Gasteiger partial charge in [-0.05, 0) is 19.8 Å². The van der Waals surface area contributed by atoms with Crippen LogP contribution in [-0.4, -0.2) is 24.6 Å². The van der Waals surface area contributed by atoms with E-state index < -0.39 is 18.0 Å². The molecule has 1 aliphatic carbocycles. The Balaban J connectivity index is 2.60. The Kier molecular flexibility index (Phi) is 5.29. The fraction of sp³-hybridized carbons (Fsp3) is 0.833. The first-order valence-electron chi connectivity index (χ1n) is 5.99. The molecule has 0 aromatic heterocycles. The summed E-state index contributed by atoms with van der Waals surface area (Å²) in [5, 5.41) is 0. The average Bonchev–Trinajstić information content (AvgIpc) is 2.27. The third kappa shape index (κ3) is 3.83. The lowest BCUT2D eigenvalue weighted by Gasteiger charge is -2.27. The summed E-state index contributed by atoms with van der Waals surface area (Å²) in [7, 11) is 0. The van der Waals surface area contributed by atoms with E-state index in [9.17, 15) is 9.59 Å². The van der Waals surface area contributed by atoms with Crippen molar-refractivity contribution in [1.82, 2.24) is 0 Å². The number of rotatable bonds is 4. The molecule has 0 saturated heterocycles. The van der Waals surface area contributed by atoms with Gasteiger partial charge in [-0.3, -0.25) is 4.79 Å². The first-order chi connectivity index (χ1) is 7.65. The van der Waals surface area contributed by atoms with Crippen LogP contribution in [0.15, 0.2) is 0 Å². The molecule has 0 aliphatic heterocycles. The van der Waals surface area contributed by atoms with E-state index in [4.69, 9.17) is 9.47 Å². The first-order valence-corrected chi connectivity index (χ1v) is 5.99. The lowest BCUT2D eigenvalue weighted by atomic mass is 9.85. The first kappa shape index (κ1) is 13.0. The molecule has 0 spiro atoms. The van der Waals surface area contributed by atoms with Gasteiger partial charge in [0.1, 0.15) is 0 Å². The molecule has 0 radical (unpaired) electrons. The van der Waals surface area contributed by atoms with E-state index in [-0.39, 0.29) is 5.92 Å². The van der Waals surface area contributed by atoms with Crippen molar-refractivity contribution in [2.75, 3.05) is 6.61 Å². The molecule has 92 valence electrons. The second kappa shape index (κ2) is 6.51. The summed E-state index contributed by atoms with van der Waals surface area (Å²) in [6.07, 6.45) is 4.58. The van der Waals surface area contributed by atoms with Crippen molar-refractivity contribution in [2.45, 2.75) is 52.1 Å². The minimum Gasteiger partial charge on any atom is -0.463 e. The van der Waals surface area contributed by atoms with Gasteiger partial charge in [-0.2, -0.15) is 0 Å². The summed E-state index contributed by atoms with van der Waals surface area (Å²) in [6.45, 7) is 3.40. The fourth-order valence-corrected chi connectivity index (χ4v) is 2.18. The third-order valence-corrected chi connectivity index (χ3v) is 2.89. The summed E-state index contributed by atoms with van der Waals surface area (Å²) < 4.78 is 10.0. The lowest BCUT2D eigenvalue weighted by Crippen LogP contribution is -2.36. The summed E-state index contributed by atoms with van der Waals surface area (Å²) >= 11 is 0. The van der Waals surface area contributed by atoms with Crippen LogP contribution < -0.4 is 0 Å². The van der Waals surface area contributed by atoms with E-state index in [0.29, 0.717) is 6.61 Å². The minimum absolute atomic E-state index is 0.136. The number of carbonyl (C=O) groups excluding carboxylic acids is 2. The van der Waals surface area contributed by atoms with Gasteiger partial charge in [-0.1, -0.05) is 19.3 Å². The molecule has 0 heterocycles. The largest absolute Gasteiger partial charge is 0.463 e. The predicted octanol–water partition coefficient (Wildman–Crippen LogP) is 2.06. The van der Waals surface area contributed by atoms with Crippen LogP contribution in [0.5, 0.6) is 0 Å². The van der Waals surface area contributed by atoms with Crippen LogP contribution in [-0.2, 0) is 19.1 Å².